The van der Waals surface area contributed by atoms with Crippen molar-refractivity contribution in [1.82, 2.24) is 15.5 Å². The van der Waals surface area contributed by atoms with Gasteiger partial charge in [0.15, 0.2) is 17.4 Å². The lowest BCUT2D eigenvalue weighted by atomic mass is 10.0. The van der Waals surface area contributed by atoms with Gasteiger partial charge in [0.05, 0.1) is 7.11 Å². The third-order valence-corrected chi connectivity index (χ3v) is 4.16. The molecule has 3 rings (SSSR count). The Hall–Kier alpha value is -3.22. The molecule has 0 saturated carbocycles. The van der Waals surface area contributed by atoms with Crippen LogP contribution in [0.2, 0.25) is 0 Å². The Bertz CT molecular complexity index is 955. The van der Waals surface area contributed by atoms with Crippen molar-refractivity contribution in [2.24, 2.45) is 0 Å². The van der Waals surface area contributed by atoms with Crippen LogP contribution >= 0.6 is 0 Å². The molecule has 0 aliphatic heterocycles. The van der Waals surface area contributed by atoms with Crippen LogP contribution in [0.5, 0.6) is 5.75 Å². The lowest BCUT2D eigenvalue weighted by molar-refractivity contribution is 0.0927. The fourth-order valence-electron chi connectivity index (χ4n) is 2.72. The molecule has 1 heterocycles. The molecule has 7 heteroatoms. The fraction of sp³-hybridized carbons (Fsp3) is 0.250. The van der Waals surface area contributed by atoms with Crippen LogP contribution < -0.4 is 10.1 Å². The lowest BCUT2D eigenvalue weighted by Gasteiger charge is -2.13. The molecule has 0 unspecified atom stereocenters. The monoisotopic (exact) mass is 369 g/mol. The predicted octanol–water partition coefficient (Wildman–Crippen LogP) is 4.07. The van der Waals surface area contributed by atoms with Crippen LogP contribution in [-0.2, 0) is 0 Å². The SMILES string of the molecule is CC[C@H](NC(=O)c1cccc(-c2ccc(OC)c(F)c2)c1)c1nc(C)no1. The molecule has 2 aromatic carbocycles. The molecule has 3 aromatic rings. The minimum absolute atomic E-state index is 0.174. The number of carbonyl (C=O) groups is 1. The fourth-order valence-corrected chi connectivity index (χ4v) is 2.72. The number of rotatable bonds is 6. The van der Waals surface area contributed by atoms with Crippen molar-refractivity contribution in [2.45, 2.75) is 26.3 Å². The number of benzene rings is 2. The number of amides is 1. The molecule has 0 radical (unpaired) electrons. The van der Waals surface area contributed by atoms with E-state index in [-0.39, 0.29) is 17.7 Å². The maximum absolute atomic E-state index is 14.0. The van der Waals surface area contributed by atoms with E-state index in [2.05, 4.69) is 15.5 Å². The minimum Gasteiger partial charge on any atom is -0.494 e. The van der Waals surface area contributed by atoms with E-state index in [0.29, 0.717) is 29.3 Å². The molecular formula is C20H20FN3O3. The summed E-state index contributed by atoms with van der Waals surface area (Å²) in [5.74, 6) is 0.336. The molecule has 0 aliphatic carbocycles. The predicted molar refractivity (Wildman–Crippen MR) is 97.9 cm³/mol. The number of halogens is 1. The second-order valence-electron chi connectivity index (χ2n) is 6.04. The van der Waals surface area contributed by atoms with Gasteiger partial charge >= 0.3 is 0 Å². The Balaban J connectivity index is 1.82. The van der Waals surface area contributed by atoms with Gasteiger partial charge in [-0.1, -0.05) is 30.3 Å². The summed E-state index contributed by atoms with van der Waals surface area (Å²) in [6.45, 7) is 3.64. The van der Waals surface area contributed by atoms with E-state index in [0.717, 1.165) is 5.56 Å². The molecule has 0 aliphatic rings. The van der Waals surface area contributed by atoms with Crippen LogP contribution in [0.4, 0.5) is 4.39 Å². The summed E-state index contributed by atoms with van der Waals surface area (Å²) < 4.78 is 24.1. The van der Waals surface area contributed by atoms with Gasteiger partial charge in [0.25, 0.3) is 5.91 Å². The van der Waals surface area contributed by atoms with Gasteiger partial charge in [0.2, 0.25) is 5.89 Å². The smallest absolute Gasteiger partial charge is 0.251 e. The van der Waals surface area contributed by atoms with Gasteiger partial charge in [-0.3, -0.25) is 4.79 Å². The highest BCUT2D eigenvalue weighted by atomic mass is 19.1. The van der Waals surface area contributed by atoms with Gasteiger partial charge in [-0.25, -0.2) is 4.39 Å². The zero-order valence-corrected chi connectivity index (χ0v) is 15.3. The Morgan fingerprint density at radius 1 is 1.26 bits per heavy atom. The normalized spacial score (nSPS) is 11.9. The van der Waals surface area contributed by atoms with E-state index in [1.807, 2.05) is 13.0 Å². The zero-order chi connectivity index (χ0) is 19.4. The van der Waals surface area contributed by atoms with Crippen LogP contribution in [0, 0.1) is 12.7 Å². The van der Waals surface area contributed by atoms with Gasteiger partial charge in [-0.15, -0.1) is 0 Å². The first kappa shape index (κ1) is 18.6. The highest BCUT2D eigenvalue weighted by Gasteiger charge is 2.19. The first-order valence-corrected chi connectivity index (χ1v) is 8.57. The summed E-state index contributed by atoms with van der Waals surface area (Å²) >= 11 is 0. The average Bonchev–Trinajstić information content (AvgIpc) is 3.12. The van der Waals surface area contributed by atoms with Crippen molar-refractivity contribution in [3.63, 3.8) is 0 Å². The van der Waals surface area contributed by atoms with Crippen molar-refractivity contribution < 1.29 is 18.4 Å². The number of ether oxygens (including phenoxy) is 1. The number of nitrogens with zero attached hydrogens (tertiary/aromatic N) is 2. The first-order valence-electron chi connectivity index (χ1n) is 8.57. The summed E-state index contributed by atoms with van der Waals surface area (Å²) in [4.78, 5) is 16.8. The van der Waals surface area contributed by atoms with E-state index in [4.69, 9.17) is 9.26 Å². The standard InChI is InChI=1S/C20H20FN3O3/c1-4-17(20-22-12(2)24-27-20)23-19(25)15-7-5-6-13(10-15)14-8-9-18(26-3)16(21)11-14/h5-11,17H,4H2,1-3H3,(H,23,25)/t17-/m0/s1. The van der Waals surface area contributed by atoms with Crippen LogP contribution in [-0.4, -0.2) is 23.2 Å². The molecule has 0 saturated heterocycles. The third-order valence-electron chi connectivity index (χ3n) is 4.16. The average molecular weight is 369 g/mol. The number of aryl methyl sites for hydroxylation is 1. The number of methoxy groups -OCH3 is 1. The topological polar surface area (TPSA) is 77.2 Å². The molecule has 6 nitrogen and oxygen atoms in total. The Morgan fingerprint density at radius 3 is 2.67 bits per heavy atom. The number of hydrogen-bond acceptors (Lipinski definition) is 5. The molecule has 140 valence electrons. The molecule has 1 N–H and O–H groups in total. The van der Waals surface area contributed by atoms with E-state index in [1.165, 1.54) is 13.2 Å². The van der Waals surface area contributed by atoms with Crippen molar-refractivity contribution in [3.8, 4) is 16.9 Å². The van der Waals surface area contributed by atoms with E-state index >= 15 is 0 Å². The van der Waals surface area contributed by atoms with Crippen molar-refractivity contribution in [3.05, 3.63) is 65.6 Å². The number of hydrogen-bond donors (Lipinski definition) is 1. The first-order chi connectivity index (χ1) is 13.0. The molecular weight excluding hydrogens is 349 g/mol. The summed E-state index contributed by atoms with van der Waals surface area (Å²) in [5.41, 5.74) is 1.84. The lowest BCUT2D eigenvalue weighted by Crippen LogP contribution is -2.28. The Kier molecular flexibility index (Phi) is 5.49. The van der Waals surface area contributed by atoms with Gasteiger partial charge in [0, 0.05) is 5.56 Å². The van der Waals surface area contributed by atoms with E-state index in [9.17, 15) is 9.18 Å². The number of nitrogens with one attached hydrogen (secondary N) is 1. The number of aromatic nitrogens is 2. The van der Waals surface area contributed by atoms with Crippen LogP contribution in [0.1, 0.15) is 41.5 Å². The molecule has 0 fully saturated rings. The van der Waals surface area contributed by atoms with Gasteiger partial charge in [-0.05, 0) is 48.7 Å². The third kappa shape index (κ3) is 4.13. The van der Waals surface area contributed by atoms with E-state index < -0.39 is 5.82 Å². The molecule has 0 spiro atoms. The zero-order valence-electron chi connectivity index (χ0n) is 15.3. The van der Waals surface area contributed by atoms with Gasteiger partial charge in [-0.2, -0.15) is 4.98 Å². The van der Waals surface area contributed by atoms with Crippen LogP contribution in [0.25, 0.3) is 11.1 Å². The Morgan fingerprint density at radius 2 is 2.04 bits per heavy atom. The quantitative estimate of drug-likeness (QED) is 0.709. The maximum atomic E-state index is 14.0. The van der Waals surface area contributed by atoms with Crippen molar-refractivity contribution >= 4 is 5.91 Å². The van der Waals surface area contributed by atoms with Crippen LogP contribution in [0.3, 0.4) is 0 Å². The van der Waals surface area contributed by atoms with Crippen LogP contribution in [0.15, 0.2) is 47.0 Å². The van der Waals surface area contributed by atoms with Crippen molar-refractivity contribution in [2.75, 3.05) is 7.11 Å². The molecule has 1 aromatic heterocycles. The molecule has 1 atom stereocenters. The second kappa shape index (κ2) is 7.99. The Labute approximate surface area is 156 Å². The second-order valence-corrected chi connectivity index (χ2v) is 6.04. The summed E-state index contributed by atoms with van der Waals surface area (Å²) in [6, 6.07) is 11.3. The minimum atomic E-state index is -0.456. The maximum Gasteiger partial charge on any atom is 0.251 e. The summed E-state index contributed by atoms with van der Waals surface area (Å²) in [6.07, 6.45) is 0.608. The molecule has 0 bridgehead atoms. The van der Waals surface area contributed by atoms with Gasteiger partial charge in [0.1, 0.15) is 6.04 Å². The van der Waals surface area contributed by atoms with Crippen molar-refractivity contribution in [1.29, 1.82) is 0 Å². The molecule has 27 heavy (non-hydrogen) atoms. The number of carbonyl (C=O) groups excluding carboxylic acids is 1. The van der Waals surface area contributed by atoms with E-state index in [1.54, 1.807) is 37.3 Å². The molecule has 1 amide bonds. The summed E-state index contributed by atoms with van der Waals surface area (Å²) in [5, 5.41) is 6.65. The highest BCUT2D eigenvalue weighted by Crippen LogP contribution is 2.26. The largest absolute Gasteiger partial charge is 0.494 e. The van der Waals surface area contributed by atoms with Gasteiger partial charge < -0.3 is 14.6 Å². The highest BCUT2D eigenvalue weighted by molar-refractivity contribution is 5.95. The summed E-state index contributed by atoms with van der Waals surface area (Å²) in [7, 11) is 1.41.